The van der Waals surface area contributed by atoms with Crippen LogP contribution in [0.3, 0.4) is 0 Å². The van der Waals surface area contributed by atoms with E-state index in [4.69, 9.17) is 0 Å². The van der Waals surface area contributed by atoms with Crippen LogP contribution in [0.2, 0.25) is 0 Å². The number of fused-ring (bicyclic) bond motifs is 1. The number of hydrogen-bond donors (Lipinski definition) is 2. The van der Waals surface area contributed by atoms with Gasteiger partial charge in [0.05, 0.1) is 14.9 Å². The summed E-state index contributed by atoms with van der Waals surface area (Å²) >= 11 is 2.02. The lowest BCUT2D eigenvalue weighted by Crippen LogP contribution is -2.19. The topological polar surface area (TPSA) is 24.1 Å². The molecule has 0 bridgehead atoms. The highest BCUT2D eigenvalue weighted by Crippen LogP contribution is 2.47. The fourth-order valence-corrected chi connectivity index (χ4v) is 2.46. The Morgan fingerprint density at radius 2 is 1.73 bits per heavy atom. The molecule has 0 aromatic heterocycles. The highest BCUT2D eigenvalue weighted by molar-refractivity contribution is 14.1. The van der Waals surface area contributed by atoms with Crippen LogP contribution in [0.25, 0.3) is 0 Å². The van der Waals surface area contributed by atoms with E-state index in [2.05, 4.69) is 10.6 Å². The van der Waals surface area contributed by atoms with Crippen LogP contribution in [-0.2, 0) is 0 Å². The lowest BCUT2D eigenvalue weighted by atomic mass is 10.1. The molecule has 1 fully saturated rings. The van der Waals surface area contributed by atoms with Gasteiger partial charge in [-0.05, 0) is 41.5 Å². The molecular weight excluding hydrogens is 306 g/mol. The van der Waals surface area contributed by atoms with E-state index in [1.165, 1.54) is 12.8 Å². The number of rotatable bonds is 0. The molecule has 4 heteroatoms. The van der Waals surface area contributed by atoms with E-state index < -0.39 is 0 Å². The third-order valence-corrected chi connectivity index (χ3v) is 4.15. The minimum Gasteiger partial charge on any atom is -0.383 e. The second-order valence-corrected chi connectivity index (χ2v) is 5.68. The molecule has 1 saturated carbocycles. The van der Waals surface area contributed by atoms with Gasteiger partial charge in [-0.1, -0.05) is 0 Å². The van der Waals surface area contributed by atoms with Gasteiger partial charge in [-0.15, -0.1) is 0 Å². The number of hydrogen-bond acceptors (Lipinski definition) is 2. The Hall–Kier alpha value is -0.520. The van der Waals surface area contributed by atoms with Crippen LogP contribution in [-0.4, -0.2) is 13.1 Å². The Balaban J connectivity index is 1.96. The molecule has 15 heavy (non-hydrogen) atoms. The summed E-state index contributed by atoms with van der Waals surface area (Å²) in [7, 11) is 0. The highest BCUT2D eigenvalue weighted by Gasteiger charge is 2.43. The molecule has 0 atom stereocenters. The van der Waals surface area contributed by atoms with Crippen molar-refractivity contribution in [1.29, 1.82) is 0 Å². The molecular formula is C11H12FIN2. The maximum atomic E-state index is 13.4. The fourth-order valence-electron chi connectivity index (χ4n) is 2.00. The summed E-state index contributed by atoms with van der Waals surface area (Å²) in [5.74, 6) is -0.143. The van der Waals surface area contributed by atoms with Gasteiger partial charge in [0.15, 0.2) is 0 Å². The maximum absolute atomic E-state index is 13.4. The number of anilines is 2. The molecule has 0 saturated heterocycles. The summed E-state index contributed by atoms with van der Waals surface area (Å²) in [6.07, 6.45) is 2.56. The van der Waals surface area contributed by atoms with E-state index in [0.717, 1.165) is 24.5 Å². The lowest BCUT2D eigenvalue weighted by molar-refractivity contribution is 0.581. The van der Waals surface area contributed by atoms with Crippen molar-refractivity contribution in [3.05, 3.63) is 21.5 Å². The van der Waals surface area contributed by atoms with Crippen molar-refractivity contribution in [2.75, 3.05) is 23.7 Å². The minimum atomic E-state index is -0.143. The van der Waals surface area contributed by atoms with Crippen molar-refractivity contribution in [3.63, 3.8) is 0 Å². The molecule has 0 amide bonds. The van der Waals surface area contributed by atoms with Crippen molar-refractivity contribution in [2.45, 2.75) is 12.8 Å². The molecule has 2 N–H and O–H groups in total. The van der Waals surface area contributed by atoms with Gasteiger partial charge in [0.2, 0.25) is 0 Å². The Labute approximate surface area is 102 Å². The smallest absolute Gasteiger partial charge is 0.138 e. The van der Waals surface area contributed by atoms with Gasteiger partial charge < -0.3 is 10.6 Å². The van der Waals surface area contributed by atoms with Crippen LogP contribution >= 0.6 is 22.6 Å². The van der Waals surface area contributed by atoms with E-state index in [1.54, 1.807) is 6.07 Å². The molecule has 3 rings (SSSR count). The lowest BCUT2D eigenvalue weighted by Gasteiger charge is -2.10. The van der Waals surface area contributed by atoms with E-state index in [1.807, 2.05) is 28.7 Å². The average molecular weight is 318 g/mol. The zero-order valence-corrected chi connectivity index (χ0v) is 10.4. The summed E-state index contributed by atoms with van der Waals surface area (Å²) in [5.41, 5.74) is 2.36. The predicted octanol–water partition coefficient (Wildman–Crippen LogP) is 3.05. The van der Waals surface area contributed by atoms with Crippen LogP contribution in [0, 0.1) is 14.8 Å². The molecule has 2 nitrogen and oxygen atoms in total. The Morgan fingerprint density at radius 3 is 2.33 bits per heavy atom. The fraction of sp³-hybridized carbons (Fsp3) is 0.455. The molecule has 1 aromatic carbocycles. The molecule has 2 aliphatic rings. The van der Waals surface area contributed by atoms with Gasteiger partial charge in [0, 0.05) is 24.6 Å². The Kier molecular flexibility index (Phi) is 2.09. The molecule has 0 unspecified atom stereocenters. The molecule has 1 spiro atoms. The molecule has 1 aromatic rings. The van der Waals surface area contributed by atoms with Crippen LogP contribution in [0.1, 0.15) is 12.8 Å². The van der Waals surface area contributed by atoms with Gasteiger partial charge in [0.1, 0.15) is 5.82 Å². The van der Waals surface area contributed by atoms with Gasteiger partial charge in [0.25, 0.3) is 0 Å². The first kappa shape index (κ1) is 9.69. The van der Waals surface area contributed by atoms with Crippen molar-refractivity contribution >= 4 is 34.0 Å². The molecule has 1 aliphatic heterocycles. The molecule has 0 radical (unpaired) electrons. The first-order valence-electron chi connectivity index (χ1n) is 5.15. The van der Waals surface area contributed by atoms with E-state index >= 15 is 0 Å². The standard InChI is InChI=1S/C11H12FIN2/c12-7-3-9-10(4-8(7)13)15-6-11(1-2-11)5-14-9/h3-4,14-15H,1-2,5-6H2. The summed E-state index contributed by atoms with van der Waals surface area (Å²) in [6.45, 7) is 1.97. The maximum Gasteiger partial charge on any atom is 0.138 e. The van der Waals surface area contributed by atoms with E-state index in [9.17, 15) is 4.39 Å². The SMILES string of the molecule is Fc1cc2c(cc1I)NCC1(CC1)CN2. The predicted molar refractivity (Wildman–Crippen MR) is 67.8 cm³/mol. The monoisotopic (exact) mass is 318 g/mol. The van der Waals surface area contributed by atoms with Gasteiger partial charge in [-0.2, -0.15) is 0 Å². The second kappa shape index (κ2) is 3.23. The number of halogens is 2. The van der Waals surface area contributed by atoms with E-state index in [-0.39, 0.29) is 5.82 Å². The van der Waals surface area contributed by atoms with Gasteiger partial charge in [-0.25, -0.2) is 4.39 Å². The van der Waals surface area contributed by atoms with Crippen molar-refractivity contribution < 1.29 is 4.39 Å². The largest absolute Gasteiger partial charge is 0.383 e. The third kappa shape index (κ3) is 1.68. The first-order chi connectivity index (χ1) is 7.19. The number of benzene rings is 1. The zero-order valence-electron chi connectivity index (χ0n) is 8.24. The van der Waals surface area contributed by atoms with Crippen LogP contribution in [0.5, 0.6) is 0 Å². The first-order valence-corrected chi connectivity index (χ1v) is 6.23. The van der Waals surface area contributed by atoms with Crippen molar-refractivity contribution in [1.82, 2.24) is 0 Å². The zero-order chi connectivity index (χ0) is 10.5. The molecule has 1 heterocycles. The van der Waals surface area contributed by atoms with E-state index in [0.29, 0.717) is 8.99 Å². The minimum absolute atomic E-state index is 0.143. The Bertz CT molecular complexity index is 380. The third-order valence-electron chi connectivity index (χ3n) is 3.33. The number of nitrogens with one attached hydrogen (secondary N) is 2. The van der Waals surface area contributed by atoms with Gasteiger partial charge >= 0.3 is 0 Å². The quantitative estimate of drug-likeness (QED) is 0.719. The summed E-state index contributed by atoms with van der Waals surface area (Å²) in [5, 5.41) is 6.75. The normalized spacial score (nSPS) is 21.2. The summed E-state index contributed by atoms with van der Waals surface area (Å²) in [6, 6.07) is 3.46. The van der Waals surface area contributed by atoms with Crippen molar-refractivity contribution in [3.8, 4) is 0 Å². The summed E-state index contributed by atoms with van der Waals surface area (Å²) < 4.78 is 14.0. The van der Waals surface area contributed by atoms with Gasteiger partial charge in [-0.3, -0.25) is 0 Å². The van der Waals surface area contributed by atoms with Crippen LogP contribution in [0.4, 0.5) is 15.8 Å². The highest BCUT2D eigenvalue weighted by atomic mass is 127. The molecule has 1 aliphatic carbocycles. The second-order valence-electron chi connectivity index (χ2n) is 4.52. The molecule has 80 valence electrons. The average Bonchev–Trinajstić information content (AvgIpc) is 2.99. The van der Waals surface area contributed by atoms with Crippen LogP contribution < -0.4 is 10.6 Å². The van der Waals surface area contributed by atoms with Crippen molar-refractivity contribution in [2.24, 2.45) is 5.41 Å². The summed E-state index contributed by atoms with van der Waals surface area (Å²) in [4.78, 5) is 0. The van der Waals surface area contributed by atoms with Crippen LogP contribution in [0.15, 0.2) is 12.1 Å². The Morgan fingerprint density at radius 1 is 1.13 bits per heavy atom.